The summed E-state index contributed by atoms with van der Waals surface area (Å²) in [6.07, 6.45) is 5.62. The number of sulfonamides is 1. The van der Waals surface area contributed by atoms with Crippen molar-refractivity contribution in [2.24, 2.45) is 5.92 Å². The van der Waals surface area contributed by atoms with E-state index in [4.69, 9.17) is 4.74 Å². The number of benzene rings is 2. The van der Waals surface area contributed by atoms with Crippen LogP contribution in [0.1, 0.15) is 44.1 Å². The molecule has 1 saturated carbocycles. The molecule has 0 spiro atoms. The van der Waals surface area contributed by atoms with Crippen molar-refractivity contribution in [3.05, 3.63) is 54.1 Å². The molecule has 2 aromatic rings. The van der Waals surface area contributed by atoms with Crippen LogP contribution in [0, 0.1) is 17.2 Å². The third kappa shape index (κ3) is 4.95. The summed E-state index contributed by atoms with van der Waals surface area (Å²) in [5, 5.41) is 12.2. The Hall–Kier alpha value is -2.89. The second kappa shape index (κ2) is 9.72. The van der Waals surface area contributed by atoms with Gasteiger partial charge in [-0.1, -0.05) is 18.2 Å². The fraction of sp³-hybridized carbons (Fsp3) is 0.417. The molecular weight excluding hydrogens is 426 g/mol. The fourth-order valence-electron chi connectivity index (χ4n) is 4.37. The van der Waals surface area contributed by atoms with Gasteiger partial charge in [-0.2, -0.15) is 9.57 Å². The van der Waals surface area contributed by atoms with E-state index in [-0.39, 0.29) is 41.5 Å². The zero-order valence-electron chi connectivity index (χ0n) is 17.9. The molecule has 0 atom stereocenters. The Kier molecular flexibility index (Phi) is 6.77. The number of amides is 1. The first-order valence-electron chi connectivity index (χ1n) is 11.0. The number of ether oxygens (including phenoxy) is 1. The topological polar surface area (TPSA) is 99.5 Å². The van der Waals surface area contributed by atoms with Gasteiger partial charge in [-0.3, -0.25) is 4.79 Å². The summed E-state index contributed by atoms with van der Waals surface area (Å²) in [6.45, 7) is 0.482. The molecule has 4 rings (SSSR count). The van der Waals surface area contributed by atoms with E-state index in [0.717, 1.165) is 18.6 Å². The summed E-state index contributed by atoms with van der Waals surface area (Å²) in [4.78, 5) is 12.8. The largest absolute Gasteiger partial charge is 0.490 e. The standard InChI is InChI=1S/C24H27N3O4S/c25-17-19-6-1-4-11-23(19)32(29,30)27-14-12-18(13-15-27)24(28)26-20-7-5-10-22(16-20)31-21-8-2-3-9-21/h1,4-7,10-11,16,18,21H,2-3,8-9,12-15H2,(H,26,28). The number of piperidine rings is 1. The zero-order chi connectivity index (χ0) is 22.6. The second-order valence-corrected chi connectivity index (χ2v) is 10.2. The molecule has 1 aliphatic carbocycles. The molecular formula is C24H27N3O4S. The first kappa shape index (κ1) is 22.3. The number of rotatable bonds is 6. The lowest BCUT2D eigenvalue weighted by Crippen LogP contribution is -2.41. The van der Waals surface area contributed by atoms with Crippen LogP contribution in [0.4, 0.5) is 5.69 Å². The SMILES string of the molecule is N#Cc1ccccc1S(=O)(=O)N1CCC(C(=O)Nc2cccc(OC3CCCC3)c2)CC1. The van der Waals surface area contributed by atoms with Crippen molar-refractivity contribution in [1.29, 1.82) is 5.26 Å². The van der Waals surface area contributed by atoms with Gasteiger partial charge in [0.15, 0.2) is 0 Å². The van der Waals surface area contributed by atoms with Gasteiger partial charge >= 0.3 is 0 Å². The van der Waals surface area contributed by atoms with Crippen molar-refractivity contribution in [3.63, 3.8) is 0 Å². The van der Waals surface area contributed by atoms with E-state index >= 15 is 0 Å². The Balaban J connectivity index is 1.35. The predicted octanol–water partition coefficient (Wildman–Crippen LogP) is 3.92. The lowest BCUT2D eigenvalue weighted by atomic mass is 9.97. The van der Waals surface area contributed by atoms with E-state index in [9.17, 15) is 18.5 Å². The quantitative estimate of drug-likeness (QED) is 0.715. The zero-order valence-corrected chi connectivity index (χ0v) is 18.7. The van der Waals surface area contributed by atoms with Crippen LogP contribution in [0.2, 0.25) is 0 Å². The van der Waals surface area contributed by atoms with Crippen LogP contribution in [0.15, 0.2) is 53.4 Å². The van der Waals surface area contributed by atoms with E-state index in [1.807, 2.05) is 30.3 Å². The Morgan fingerprint density at radius 2 is 1.75 bits per heavy atom. The average molecular weight is 454 g/mol. The molecule has 1 aliphatic heterocycles. The Morgan fingerprint density at radius 1 is 1.03 bits per heavy atom. The van der Waals surface area contributed by atoms with Gasteiger partial charge in [-0.25, -0.2) is 8.42 Å². The van der Waals surface area contributed by atoms with Gasteiger partial charge in [-0.05, 0) is 62.8 Å². The lowest BCUT2D eigenvalue weighted by Gasteiger charge is -2.30. The molecule has 2 fully saturated rings. The highest BCUT2D eigenvalue weighted by Gasteiger charge is 2.33. The molecule has 1 amide bonds. The summed E-state index contributed by atoms with van der Waals surface area (Å²) in [6, 6.07) is 15.6. The van der Waals surface area contributed by atoms with Gasteiger partial charge in [-0.15, -0.1) is 0 Å². The number of nitriles is 1. The number of hydrogen-bond donors (Lipinski definition) is 1. The minimum Gasteiger partial charge on any atom is -0.490 e. The fourth-order valence-corrected chi connectivity index (χ4v) is 5.98. The third-order valence-electron chi connectivity index (χ3n) is 6.16. The van der Waals surface area contributed by atoms with Gasteiger partial charge in [0.25, 0.3) is 0 Å². The second-order valence-electron chi connectivity index (χ2n) is 8.33. The molecule has 1 saturated heterocycles. The number of carbonyl (C=O) groups is 1. The maximum Gasteiger partial charge on any atom is 0.244 e. The molecule has 2 aliphatic rings. The summed E-state index contributed by atoms with van der Waals surface area (Å²) in [5.41, 5.74) is 0.815. The maximum absolute atomic E-state index is 13.0. The van der Waals surface area contributed by atoms with E-state index in [2.05, 4.69) is 5.32 Å². The number of nitrogens with one attached hydrogen (secondary N) is 1. The lowest BCUT2D eigenvalue weighted by molar-refractivity contribution is -0.120. The molecule has 2 aromatic carbocycles. The first-order chi connectivity index (χ1) is 15.5. The number of anilines is 1. The van der Waals surface area contributed by atoms with Gasteiger partial charge < -0.3 is 10.1 Å². The number of hydrogen-bond acceptors (Lipinski definition) is 5. The molecule has 7 nitrogen and oxygen atoms in total. The van der Waals surface area contributed by atoms with Crippen LogP contribution < -0.4 is 10.1 Å². The van der Waals surface area contributed by atoms with Crippen molar-refractivity contribution < 1.29 is 17.9 Å². The van der Waals surface area contributed by atoms with Gasteiger partial charge in [0, 0.05) is 30.8 Å². The van der Waals surface area contributed by atoms with E-state index in [0.29, 0.717) is 18.5 Å². The highest BCUT2D eigenvalue weighted by atomic mass is 32.2. The molecule has 0 unspecified atom stereocenters. The van der Waals surface area contributed by atoms with Gasteiger partial charge in [0.1, 0.15) is 11.8 Å². The summed E-state index contributed by atoms with van der Waals surface area (Å²) in [5.74, 6) is 0.372. The van der Waals surface area contributed by atoms with Crippen molar-refractivity contribution in [3.8, 4) is 11.8 Å². The van der Waals surface area contributed by atoms with Gasteiger partial charge in [0.05, 0.1) is 16.6 Å². The monoisotopic (exact) mass is 453 g/mol. The minimum absolute atomic E-state index is 0.0180. The highest BCUT2D eigenvalue weighted by molar-refractivity contribution is 7.89. The van der Waals surface area contributed by atoms with E-state index < -0.39 is 10.0 Å². The van der Waals surface area contributed by atoms with Crippen LogP contribution >= 0.6 is 0 Å². The molecule has 0 radical (unpaired) electrons. The number of carbonyl (C=O) groups excluding carboxylic acids is 1. The highest BCUT2D eigenvalue weighted by Crippen LogP contribution is 2.28. The van der Waals surface area contributed by atoms with Crippen LogP contribution in [-0.2, 0) is 14.8 Å². The summed E-state index contributed by atoms with van der Waals surface area (Å²) in [7, 11) is -3.77. The molecule has 1 heterocycles. The Bertz CT molecular complexity index is 1110. The molecule has 0 bridgehead atoms. The smallest absolute Gasteiger partial charge is 0.244 e. The van der Waals surface area contributed by atoms with Crippen LogP contribution in [0.25, 0.3) is 0 Å². The van der Waals surface area contributed by atoms with Crippen molar-refractivity contribution >= 4 is 21.6 Å². The third-order valence-corrected chi connectivity index (χ3v) is 8.11. The maximum atomic E-state index is 13.0. The van der Waals surface area contributed by atoms with Crippen LogP contribution in [0.3, 0.4) is 0 Å². The van der Waals surface area contributed by atoms with Crippen molar-refractivity contribution in [1.82, 2.24) is 4.31 Å². The predicted molar refractivity (Wildman–Crippen MR) is 121 cm³/mol. The van der Waals surface area contributed by atoms with E-state index in [1.54, 1.807) is 12.1 Å². The number of nitrogens with zero attached hydrogens (tertiary/aromatic N) is 2. The van der Waals surface area contributed by atoms with Crippen molar-refractivity contribution in [2.75, 3.05) is 18.4 Å². The van der Waals surface area contributed by atoms with E-state index in [1.165, 1.54) is 29.3 Å². The minimum atomic E-state index is -3.77. The Morgan fingerprint density at radius 3 is 2.47 bits per heavy atom. The van der Waals surface area contributed by atoms with Crippen LogP contribution in [0.5, 0.6) is 5.75 Å². The van der Waals surface area contributed by atoms with Crippen LogP contribution in [-0.4, -0.2) is 37.8 Å². The average Bonchev–Trinajstić information content (AvgIpc) is 3.32. The molecule has 32 heavy (non-hydrogen) atoms. The molecule has 8 heteroatoms. The molecule has 168 valence electrons. The molecule has 0 aromatic heterocycles. The van der Waals surface area contributed by atoms with Gasteiger partial charge in [0.2, 0.25) is 15.9 Å². The normalized spacial score (nSPS) is 18.2. The summed E-state index contributed by atoms with van der Waals surface area (Å²) >= 11 is 0. The van der Waals surface area contributed by atoms with Crippen molar-refractivity contribution in [2.45, 2.75) is 49.5 Å². The summed E-state index contributed by atoms with van der Waals surface area (Å²) < 4.78 is 33.3. The first-order valence-corrected chi connectivity index (χ1v) is 12.5. The Labute approximate surface area is 189 Å². The molecule has 1 N–H and O–H groups in total.